The van der Waals surface area contributed by atoms with Crippen LogP contribution in [0.15, 0.2) is 12.1 Å². The molecule has 0 aliphatic carbocycles. The molecular formula is C14H15F4NO3. The summed E-state index contributed by atoms with van der Waals surface area (Å²) in [6.45, 7) is -2.60. The summed E-state index contributed by atoms with van der Waals surface area (Å²) in [6, 6.07) is 1.28. The zero-order chi connectivity index (χ0) is 16.3. The molecule has 1 aromatic rings. The number of alkyl halides is 4. The van der Waals surface area contributed by atoms with Crippen molar-refractivity contribution in [2.45, 2.75) is 31.9 Å². The van der Waals surface area contributed by atoms with Crippen molar-refractivity contribution in [1.29, 1.82) is 0 Å². The van der Waals surface area contributed by atoms with Gasteiger partial charge in [-0.1, -0.05) is 0 Å². The molecule has 1 aromatic carbocycles. The first-order valence-electron chi connectivity index (χ1n) is 6.66. The average Bonchev–Trinajstić information content (AvgIpc) is 2.99. The lowest BCUT2D eigenvalue weighted by atomic mass is 9.99. The van der Waals surface area contributed by atoms with Gasteiger partial charge in [0.25, 0.3) is 6.43 Å². The number of rotatable bonds is 6. The summed E-state index contributed by atoms with van der Waals surface area (Å²) in [6.07, 6.45) is -1.64. The van der Waals surface area contributed by atoms with Crippen LogP contribution >= 0.6 is 0 Å². The van der Waals surface area contributed by atoms with Crippen LogP contribution in [-0.4, -0.2) is 32.1 Å². The second kappa shape index (κ2) is 6.95. The third-order valence-electron chi connectivity index (χ3n) is 3.43. The van der Waals surface area contributed by atoms with Crippen LogP contribution in [0.2, 0.25) is 0 Å². The molecule has 0 saturated carbocycles. The van der Waals surface area contributed by atoms with Crippen LogP contribution in [0, 0.1) is 0 Å². The van der Waals surface area contributed by atoms with E-state index in [-0.39, 0.29) is 11.3 Å². The topological polar surface area (TPSA) is 47.6 Å². The van der Waals surface area contributed by atoms with E-state index >= 15 is 0 Å². The molecule has 0 radical (unpaired) electrons. The number of hydrogen-bond acceptors (Lipinski definition) is 4. The smallest absolute Gasteiger partial charge is 0.387 e. The summed E-state index contributed by atoms with van der Waals surface area (Å²) >= 11 is 0. The standard InChI is InChI=1S/C14H15F4NO3/c1-21-10-6-8(13(15)16)11(22-14(17)18)5-7(10)12(20)9-3-2-4-19-9/h5-6,9,13-14,19H,2-4H2,1H3. The molecule has 22 heavy (non-hydrogen) atoms. The Morgan fingerprint density at radius 1 is 1.27 bits per heavy atom. The molecule has 1 N–H and O–H groups in total. The van der Waals surface area contributed by atoms with Crippen molar-refractivity contribution in [3.05, 3.63) is 23.3 Å². The quantitative estimate of drug-likeness (QED) is 0.646. The third-order valence-corrected chi connectivity index (χ3v) is 3.43. The maximum absolute atomic E-state index is 13.0. The highest BCUT2D eigenvalue weighted by Crippen LogP contribution is 2.37. The predicted molar refractivity (Wildman–Crippen MR) is 69.9 cm³/mol. The van der Waals surface area contributed by atoms with E-state index in [4.69, 9.17) is 4.74 Å². The summed E-state index contributed by atoms with van der Waals surface area (Å²) in [4.78, 5) is 12.4. The van der Waals surface area contributed by atoms with Crippen LogP contribution in [0.4, 0.5) is 17.6 Å². The number of ether oxygens (including phenoxy) is 2. The van der Waals surface area contributed by atoms with Crippen molar-refractivity contribution >= 4 is 5.78 Å². The fraction of sp³-hybridized carbons (Fsp3) is 0.500. The molecule has 1 aliphatic heterocycles. The van der Waals surface area contributed by atoms with Gasteiger partial charge in [0.2, 0.25) is 0 Å². The minimum Gasteiger partial charge on any atom is -0.496 e. The number of halogens is 4. The number of benzene rings is 1. The molecule has 1 heterocycles. The molecule has 2 rings (SSSR count). The van der Waals surface area contributed by atoms with Gasteiger partial charge in [-0.3, -0.25) is 4.79 Å². The van der Waals surface area contributed by atoms with E-state index in [1.54, 1.807) is 0 Å². The van der Waals surface area contributed by atoms with E-state index < -0.39 is 36.2 Å². The summed E-state index contributed by atoms with van der Waals surface area (Å²) in [7, 11) is 1.22. The lowest BCUT2D eigenvalue weighted by molar-refractivity contribution is -0.0520. The summed E-state index contributed by atoms with van der Waals surface area (Å²) in [5.41, 5.74) is -0.796. The van der Waals surface area contributed by atoms with E-state index in [1.807, 2.05) is 0 Å². The molecule has 0 amide bonds. The van der Waals surface area contributed by atoms with Gasteiger partial charge < -0.3 is 14.8 Å². The van der Waals surface area contributed by atoms with Gasteiger partial charge in [-0.2, -0.15) is 8.78 Å². The SMILES string of the molecule is COc1cc(C(F)F)c(OC(F)F)cc1C(=O)C1CCCN1. The molecule has 4 nitrogen and oxygen atoms in total. The Hall–Kier alpha value is -1.83. The molecule has 1 unspecified atom stereocenters. The van der Waals surface area contributed by atoms with Crippen molar-refractivity contribution in [1.82, 2.24) is 5.32 Å². The summed E-state index contributed by atoms with van der Waals surface area (Å²) < 4.78 is 59.7. The minimum atomic E-state index is -3.27. The summed E-state index contributed by atoms with van der Waals surface area (Å²) in [5.74, 6) is -1.20. The molecule has 122 valence electrons. The Labute approximate surface area is 124 Å². The molecule has 0 bridgehead atoms. The maximum atomic E-state index is 13.0. The van der Waals surface area contributed by atoms with Crippen LogP contribution < -0.4 is 14.8 Å². The van der Waals surface area contributed by atoms with Gasteiger partial charge >= 0.3 is 6.61 Å². The molecule has 8 heteroatoms. The van der Waals surface area contributed by atoms with Crippen LogP contribution in [0.5, 0.6) is 11.5 Å². The molecule has 0 spiro atoms. The van der Waals surface area contributed by atoms with Crippen LogP contribution in [0.1, 0.15) is 35.2 Å². The Bertz CT molecular complexity index is 545. The van der Waals surface area contributed by atoms with Crippen molar-refractivity contribution in [2.24, 2.45) is 0 Å². The van der Waals surface area contributed by atoms with Gasteiger partial charge in [0, 0.05) is 0 Å². The van der Waals surface area contributed by atoms with E-state index in [9.17, 15) is 22.4 Å². The number of carbonyl (C=O) groups is 1. The number of hydrogen-bond donors (Lipinski definition) is 1. The predicted octanol–water partition coefficient (Wildman–Crippen LogP) is 3.17. The first kappa shape index (κ1) is 16.5. The number of ketones is 1. The molecule has 1 aliphatic rings. The minimum absolute atomic E-state index is 0.0537. The molecule has 1 atom stereocenters. The van der Waals surface area contributed by atoms with E-state index in [0.29, 0.717) is 13.0 Å². The van der Waals surface area contributed by atoms with Crippen molar-refractivity contribution in [3.63, 3.8) is 0 Å². The fourth-order valence-electron chi connectivity index (χ4n) is 2.40. The van der Waals surface area contributed by atoms with Gasteiger partial charge in [-0.15, -0.1) is 0 Å². The summed E-state index contributed by atoms with van der Waals surface area (Å²) in [5, 5.41) is 2.96. The van der Waals surface area contributed by atoms with Crippen molar-refractivity contribution in [2.75, 3.05) is 13.7 Å². The Morgan fingerprint density at radius 2 is 2.00 bits per heavy atom. The number of Topliss-reactive ketones (excluding diaryl/α,β-unsaturated/α-hetero) is 1. The van der Waals surface area contributed by atoms with Crippen LogP contribution in [0.3, 0.4) is 0 Å². The van der Waals surface area contributed by atoms with Crippen LogP contribution in [0.25, 0.3) is 0 Å². The molecule has 1 saturated heterocycles. The normalized spacial score (nSPS) is 18.0. The zero-order valence-corrected chi connectivity index (χ0v) is 11.7. The van der Waals surface area contributed by atoms with Gasteiger partial charge in [0.05, 0.1) is 24.3 Å². The lowest BCUT2D eigenvalue weighted by Crippen LogP contribution is -2.31. The average molecular weight is 321 g/mol. The molecule has 0 aromatic heterocycles. The second-order valence-corrected chi connectivity index (χ2v) is 4.78. The lowest BCUT2D eigenvalue weighted by Gasteiger charge is -2.17. The van der Waals surface area contributed by atoms with Gasteiger partial charge in [-0.25, -0.2) is 8.78 Å². The van der Waals surface area contributed by atoms with E-state index in [0.717, 1.165) is 18.6 Å². The Morgan fingerprint density at radius 3 is 2.50 bits per heavy atom. The van der Waals surface area contributed by atoms with Crippen LogP contribution in [-0.2, 0) is 0 Å². The highest BCUT2D eigenvalue weighted by molar-refractivity contribution is 6.03. The number of carbonyl (C=O) groups excluding carboxylic acids is 1. The Balaban J connectivity index is 2.44. The Kier molecular flexibility index (Phi) is 5.23. The number of nitrogens with one attached hydrogen (secondary N) is 1. The monoisotopic (exact) mass is 321 g/mol. The van der Waals surface area contributed by atoms with Crippen molar-refractivity contribution in [3.8, 4) is 11.5 Å². The maximum Gasteiger partial charge on any atom is 0.387 e. The number of methoxy groups -OCH3 is 1. The third kappa shape index (κ3) is 3.49. The largest absolute Gasteiger partial charge is 0.496 e. The van der Waals surface area contributed by atoms with Gasteiger partial charge in [0.15, 0.2) is 5.78 Å². The molecule has 1 fully saturated rings. The van der Waals surface area contributed by atoms with E-state index in [2.05, 4.69) is 10.1 Å². The van der Waals surface area contributed by atoms with Crippen molar-refractivity contribution < 1.29 is 31.8 Å². The zero-order valence-electron chi connectivity index (χ0n) is 11.7. The highest BCUT2D eigenvalue weighted by Gasteiger charge is 2.29. The first-order chi connectivity index (χ1) is 10.4. The molecular weight excluding hydrogens is 306 g/mol. The second-order valence-electron chi connectivity index (χ2n) is 4.78. The highest BCUT2D eigenvalue weighted by atomic mass is 19.3. The fourth-order valence-corrected chi connectivity index (χ4v) is 2.40. The van der Waals surface area contributed by atoms with Gasteiger partial charge in [-0.05, 0) is 31.5 Å². The van der Waals surface area contributed by atoms with E-state index in [1.165, 1.54) is 7.11 Å². The van der Waals surface area contributed by atoms with Gasteiger partial charge in [0.1, 0.15) is 11.5 Å². The first-order valence-corrected chi connectivity index (χ1v) is 6.66.